The summed E-state index contributed by atoms with van der Waals surface area (Å²) in [6.07, 6.45) is 0. The van der Waals surface area contributed by atoms with Gasteiger partial charge in [0.25, 0.3) is 5.91 Å². The predicted octanol–water partition coefficient (Wildman–Crippen LogP) is 6.18. The third-order valence-corrected chi connectivity index (χ3v) is 6.23. The largest absolute Gasteiger partial charge is 0.505 e. The first-order valence-corrected chi connectivity index (χ1v) is 11.8. The van der Waals surface area contributed by atoms with Gasteiger partial charge in [-0.25, -0.2) is 4.79 Å². The maximum atomic E-state index is 13.5. The average molecular weight is 492 g/mol. The number of amides is 1. The van der Waals surface area contributed by atoms with Crippen molar-refractivity contribution in [2.75, 3.05) is 10.3 Å². The normalized spacial score (nSPS) is 13.6. The zero-order chi connectivity index (χ0) is 26.3. The van der Waals surface area contributed by atoms with Gasteiger partial charge in [0.1, 0.15) is 5.75 Å². The smallest absolute Gasteiger partial charge is 0.335 e. The van der Waals surface area contributed by atoms with E-state index in [1.165, 1.54) is 17.0 Å². The third kappa shape index (κ3) is 4.43. The van der Waals surface area contributed by atoms with Crippen molar-refractivity contribution in [3.63, 3.8) is 0 Å². The van der Waals surface area contributed by atoms with Crippen molar-refractivity contribution in [2.45, 2.75) is 20.8 Å². The molecule has 0 aromatic heterocycles. The van der Waals surface area contributed by atoms with Crippen LogP contribution in [0.15, 0.2) is 84.0 Å². The van der Waals surface area contributed by atoms with Gasteiger partial charge in [0.2, 0.25) is 0 Å². The van der Waals surface area contributed by atoms with Gasteiger partial charge in [-0.1, -0.05) is 53.6 Å². The molecule has 4 aromatic rings. The van der Waals surface area contributed by atoms with Crippen molar-refractivity contribution in [1.29, 1.82) is 0 Å². The summed E-state index contributed by atoms with van der Waals surface area (Å²) in [6, 6.07) is 23.2. The van der Waals surface area contributed by atoms with E-state index in [1.807, 2.05) is 39.0 Å². The fourth-order valence-electron chi connectivity index (χ4n) is 4.67. The monoisotopic (exact) mass is 491 g/mol. The van der Waals surface area contributed by atoms with Crippen LogP contribution in [0, 0.1) is 20.8 Å². The highest BCUT2D eigenvalue weighted by molar-refractivity contribution is 6.55. The summed E-state index contributed by atoms with van der Waals surface area (Å²) in [7, 11) is 0. The van der Waals surface area contributed by atoms with Crippen LogP contribution in [0.25, 0.3) is 11.1 Å². The van der Waals surface area contributed by atoms with Crippen LogP contribution < -0.4 is 10.3 Å². The highest BCUT2D eigenvalue weighted by Gasteiger charge is 2.35. The van der Waals surface area contributed by atoms with E-state index in [0.29, 0.717) is 28.2 Å². The van der Waals surface area contributed by atoms with E-state index < -0.39 is 11.9 Å². The number of aryl methyl sites for hydroxylation is 3. The zero-order valence-corrected chi connectivity index (χ0v) is 20.6. The minimum Gasteiger partial charge on any atom is -0.505 e. The molecule has 0 fully saturated rings. The Hall–Kier alpha value is -4.91. The quantitative estimate of drug-likeness (QED) is 0.229. The molecule has 1 aliphatic rings. The molecule has 0 radical (unpaired) electrons. The van der Waals surface area contributed by atoms with Crippen LogP contribution in [0.2, 0.25) is 0 Å². The van der Waals surface area contributed by atoms with Crippen LogP contribution in [-0.2, 0) is 4.79 Å². The van der Waals surface area contributed by atoms with Gasteiger partial charge in [-0.05, 0) is 68.3 Å². The Kier molecular flexibility index (Phi) is 5.97. The molecule has 184 valence electrons. The fourth-order valence-corrected chi connectivity index (χ4v) is 4.67. The second-order valence-corrected chi connectivity index (χ2v) is 9.17. The summed E-state index contributed by atoms with van der Waals surface area (Å²) in [5, 5.41) is 24.9. The SMILES string of the molecule is Cc1cc(C)cc(-c2cc(C)cc(N/N=C3\C(=O)N(c4cccc(C(=O)O)c4)c4ccccc43)c2O)c1. The van der Waals surface area contributed by atoms with Crippen molar-refractivity contribution in [2.24, 2.45) is 5.10 Å². The number of phenolic OH excluding ortho intramolecular Hbond substituents is 1. The summed E-state index contributed by atoms with van der Waals surface area (Å²) in [6.45, 7) is 5.95. The van der Waals surface area contributed by atoms with Crippen molar-refractivity contribution < 1.29 is 19.8 Å². The van der Waals surface area contributed by atoms with Crippen LogP contribution in [0.5, 0.6) is 5.75 Å². The molecule has 4 aromatic carbocycles. The number of phenols is 1. The molecule has 1 aliphatic heterocycles. The molecule has 1 amide bonds. The van der Waals surface area contributed by atoms with Crippen molar-refractivity contribution in [1.82, 2.24) is 0 Å². The highest BCUT2D eigenvalue weighted by Crippen LogP contribution is 2.39. The molecule has 0 unspecified atom stereocenters. The van der Waals surface area contributed by atoms with Crippen molar-refractivity contribution in [3.8, 4) is 16.9 Å². The molecule has 7 nitrogen and oxygen atoms in total. The molecular weight excluding hydrogens is 466 g/mol. The van der Waals surface area contributed by atoms with Crippen LogP contribution in [-0.4, -0.2) is 27.8 Å². The molecule has 3 N–H and O–H groups in total. The molecule has 0 saturated heterocycles. The van der Waals surface area contributed by atoms with E-state index in [-0.39, 0.29) is 17.0 Å². The Morgan fingerprint density at radius 1 is 0.838 bits per heavy atom. The lowest BCUT2D eigenvalue weighted by molar-refractivity contribution is -0.111. The number of hydrogen-bond donors (Lipinski definition) is 3. The summed E-state index contributed by atoms with van der Waals surface area (Å²) in [5.74, 6) is -1.45. The number of carboxylic acids is 1. The standard InChI is InChI=1S/C30H25N3O4/c1-17-11-18(2)13-21(12-17)24-14-19(3)15-25(28(24)34)31-32-27-23-9-4-5-10-26(23)33(29(27)35)22-8-6-7-20(16-22)30(36)37/h4-16,31,34H,1-3H3,(H,36,37)/b32-27-. The number of carboxylic acid groups (broad SMARTS) is 1. The lowest BCUT2D eigenvalue weighted by Crippen LogP contribution is -2.26. The molecule has 5 rings (SSSR count). The summed E-state index contributed by atoms with van der Waals surface area (Å²) in [5.41, 5.74) is 9.79. The molecule has 7 heteroatoms. The number of nitrogens with zero attached hydrogens (tertiary/aromatic N) is 2. The first kappa shape index (κ1) is 23.8. The van der Waals surface area contributed by atoms with E-state index in [0.717, 1.165) is 22.3 Å². The Labute approximate surface area is 214 Å². The molecule has 0 atom stereocenters. The maximum Gasteiger partial charge on any atom is 0.335 e. The molecule has 37 heavy (non-hydrogen) atoms. The van der Waals surface area contributed by atoms with Crippen molar-refractivity contribution in [3.05, 3.63) is 107 Å². The number of hydrazone groups is 1. The molecule has 0 aliphatic carbocycles. The lowest BCUT2D eigenvalue weighted by atomic mass is 9.98. The molecule has 0 spiro atoms. The predicted molar refractivity (Wildman–Crippen MR) is 145 cm³/mol. The van der Waals surface area contributed by atoms with Gasteiger partial charge in [-0.2, -0.15) is 5.10 Å². The number of anilines is 3. The third-order valence-electron chi connectivity index (χ3n) is 6.23. The number of para-hydroxylation sites is 1. The maximum absolute atomic E-state index is 13.5. The van der Waals surface area contributed by atoms with Crippen LogP contribution in [0.4, 0.5) is 17.1 Å². The number of aromatic hydroxyl groups is 1. The van der Waals surface area contributed by atoms with Crippen LogP contribution in [0.3, 0.4) is 0 Å². The number of aromatic carboxylic acids is 1. The number of fused-ring (bicyclic) bond motifs is 1. The zero-order valence-electron chi connectivity index (χ0n) is 20.6. The van der Waals surface area contributed by atoms with Crippen molar-refractivity contribution >= 4 is 34.7 Å². The van der Waals surface area contributed by atoms with Gasteiger partial charge < -0.3 is 10.2 Å². The number of carbonyl (C=O) groups is 2. The first-order valence-electron chi connectivity index (χ1n) is 11.8. The Balaban J connectivity index is 1.55. The van der Waals surface area contributed by atoms with E-state index >= 15 is 0 Å². The van der Waals surface area contributed by atoms with Gasteiger partial charge in [-0.15, -0.1) is 0 Å². The fraction of sp³-hybridized carbons (Fsp3) is 0.100. The number of benzene rings is 4. The molecular formula is C30H25N3O4. The molecule has 0 bridgehead atoms. The highest BCUT2D eigenvalue weighted by atomic mass is 16.4. The topological polar surface area (TPSA) is 102 Å². The molecule has 0 saturated carbocycles. The second kappa shape index (κ2) is 9.28. The van der Waals surface area contributed by atoms with E-state index in [1.54, 1.807) is 42.5 Å². The minimum atomic E-state index is -1.08. The first-order chi connectivity index (χ1) is 17.7. The van der Waals surface area contributed by atoms with E-state index in [4.69, 9.17) is 0 Å². The van der Waals surface area contributed by atoms with Gasteiger partial charge >= 0.3 is 5.97 Å². The number of nitrogens with one attached hydrogen (secondary N) is 1. The van der Waals surface area contributed by atoms with Crippen LogP contribution in [0.1, 0.15) is 32.6 Å². The number of rotatable bonds is 5. The van der Waals surface area contributed by atoms with Gasteiger partial charge in [0.15, 0.2) is 5.71 Å². The average Bonchev–Trinajstić information content (AvgIpc) is 3.14. The van der Waals surface area contributed by atoms with Gasteiger partial charge in [-0.3, -0.25) is 15.1 Å². The van der Waals surface area contributed by atoms with Crippen LogP contribution >= 0.6 is 0 Å². The Morgan fingerprint density at radius 3 is 2.27 bits per heavy atom. The summed E-state index contributed by atoms with van der Waals surface area (Å²) in [4.78, 5) is 26.5. The number of hydrogen-bond acceptors (Lipinski definition) is 5. The molecule has 1 heterocycles. The van der Waals surface area contributed by atoms with E-state index in [2.05, 4.69) is 16.6 Å². The summed E-state index contributed by atoms with van der Waals surface area (Å²) >= 11 is 0. The van der Waals surface area contributed by atoms with Gasteiger partial charge in [0, 0.05) is 11.1 Å². The minimum absolute atomic E-state index is 0.0321. The summed E-state index contributed by atoms with van der Waals surface area (Å²) < 4.78 is 0. The lowest BCUT2D eigenvalue weighted by Gasteiger charge is -2.17. The van der Waals surface area contributed by atoms with E-state index in [9.17, 15) is 19.8 Å². The second-order valence-electron chi connectivity index (χ2n) is 9.17. The number of carbonyl (C=O) groups excluding carboxylic acids is 1. The Morgan fingerprint density at radius 2 is 1.54 bits per heavy atom. The van der Waals surface area contributed by atoms with Gasteiger partial charge in [0.05, 0.1) is 22.6 Å². The Bertz CT molecular complexity index is 1590.